The van der Waals surface area contributed by atoms with Gasteiger partial charge in [-0.25, -0.2) is 0 Å². The van der Waals surface area contributed by atoms with E-state index in [0.717, 1.165) is 0 Å². The summed E-state index contributed by atoms with van der Waals surface area (Å²) in [4.78, 5) is 11.0. The predicted molar refractivity (Wildman–Crippen MR) is 53.5 cm³/mol. The van der Waals surface area contributed by atoms with E-state index in [-0.39, 0.29) is 11.3 Å². The molecule has 3 N–H and O–H groups in total. The number of carbonyl (C=O) groups is 1. The standard InChI is InChI=1S/C10H21NO2/c1-7(2)10(11,8(12)13)6-9(3,4)5/h7H,6,11H2,1-5H3,(H,12,13)/t10-/m0/s1. The zero-order chi connectivity index (χ0) is 10.9. The lowest BCUT2D eigenvalue weighted by Crippen LogP contribution is -2.54. The highest BCUT2D eigenvalue weighted by molar-refractivity contribution is 5.78. The van der Waals surface area contributed by atoms with Crippen molar-refractivity contribution in [1.82, 2.24) is 0 Å². The minimum Gasteiger partial charge on any atom is -0.480 e. The second kappa shape index (κ2) is 3.66. The number of carboxylic acids is 1. The Labute approximate surface area is 80.3 Å². The fourth-order valence-corrected chi connectivity index (χ4v) is 1.40. The third-order valence-electron chi connectivity index (χ3n) is 2.25. The molecule has 3 nitrogen and oxygen atoms in total. The molecule has 0 heterocycles. The first-order valence-corrected chi connectivity index (χ1v) is 4.62. The molecule has 0 bridgehead atoms. The van der Waals surface area contributed by atoms with Gasteiger partial charge in [-0.3, -0.25) is 4.79 Å². The van der Waals surface area contributed by atoms with Crippen molar-refractivity contribution in [3.05, 3.63) is 0 Å². The molecule has 0 rings (SSSR count). The fraction of sp³-hybridized carbons (Fsp3) is 0.900. The van der Waals surface area contributed by atoms with Gasteiger partial charge in [-0.05, 0) is 17.8 Å². The van der Waals surface area contributed by atoms with E-state index >= 15 is 0 Å². The Balaban J connectivity index is 4.73. The molecule has 0 aliphatic heterocycles. The summed E-state index contributed by atoms with van der Waals surface area (Å²) in [6.07, 6.45) is 0.493. The van der Waals surface area contributed by atoms with Crippen LogP contribution in [-0.4, -0.2) is 16.6 Å². The van der Waals surface area contributed by atoms with Gasteiger partial charge in [0.15, 0.2) is 0 Å². The molecule has 1 atom stereocenters. The Hall–Kier alpha value is -0.570. The zero-order valence-electron chi connectivity index (χ0n) is 9.22. The summed E-state index contributed by atoms with van der Waals surface area (Å²) in [6.45, 7) is 9.69. The Morgan fingerprint density at radius 1 is 1.38 bits per heavy atom. The van der Waals surface area contributed by atoms with Gasteiger partial charge in [0, 0.05) is 0 Å². The zero-order valence-corrected chi connectivity index (χ0v) is 9.22. The van der Waals surface area contributed by atoms with Crippen molar-refractivity contribution in [2.45, 2.75) is 46.6 Å². The van der Waals surface area contributed by atoms with Gasteiger partial charge in [-0.2, -0.15) is 0 Å². The van der Waals surface area contributed by atoms with Gasteiger partial charge >= 0.3 is 5.97 Å². The van der Waals surface area contributed by atoms with E-state index in [2.05, 4.69) is 0 Å². The molecule has 0 amide bonds. The van der Waals surface area contributed by atoms with Crippen LogP contribution in [-0.2, 0) is 4.79 Å². The molecule has 0 aromatic carbocycles. The molecule has 0 aliphatic carbocycles. The molecule has 3 heteroatoms. The van der Waals surface area contributed by atoms with E-state index in [1.54, 1.807) is 0 Å². The Morgan fingerprint density at radius 3 is 1.85 bits per heavy atom. The van der Waals surface area contributed by atoms with Crippen molar-refractivity contribution in [3.63, 3.8) is 0 Å². The van der Waals surface area contributed by atoms with Gasteiger partial charge in [0.2, 0.25) is 0 Å². The van der Waals surface area contributed by atoms with Gasteiger partial charge in [0.25, 0.3) is 0 Å². The number of nitrogens with two attached hydrogens (primary N) is 1. The first-order valence-electron chi connectivity index (χ1n) is 4.62. The van der Waals surface area contributed by atoms with Crippen LogP contribution in [0.15, 0.2) is 0 Å². The molecule has 0 fully saturated rings. The quantitative estimate of drug-likeness (QED) is 0.709. The highest BCUT2D eigenvalue weighted by Gasteiger charge is 2.40. The molecule has 78 valence electrons. The lowest BCUT2D eigenvalue weighted by Gasteiger charge is -2.34. The maximum absolute atomic E-state index is 11.0. The van der Waals surface area contributed by atoms with Gasteiger partial charge < -0.3 is 10.8 Å². The summed E-state index contributed by atoms with van der Waals surface area (Å²) in [5.74, 6) is -0.957. The largest absolute Gasteiger partial charge is 0.480 e. The molecule has 0 spiro atoms. The van der Waals surface area contributed by atoms with Gasteiger partial charge in [0.1, 0.15) is 5.54 Å². The predicted octanol–water partition coefficient (Wildman–Crippen LogP) is 1.86. The SMILES string of the molecule is CC(C)[C@@](N)(CC(C)(C)C)C(=O)O. The highest BCUT2D eigenvalue weighted by atomic mass is 16.4. The molecular formula is C10H21NO2. The second-order valence-electron chi connectivity index (χ2n) is 5.24. The summed E-state index contributed by atoms with van der Waals surface area (Å²) < 4.78 is 0. The summed E-state index contributed by atoms with van der Waals surface area (Å²) in [6, 6.07) is 0. The number of aliphatic carboxylic acids is 1. The van der Waals surface area contributed by atoms with Crippen LogP contribution in [0.3, 0.4) is 0 Å². The number of hydrogen-bond acceptors (Lipinski definition) is 2. The summed E-state index contributed by atoms with van der Waals surface area (Å²) in [5.41, 5.74) is 4.71. The van der Waals surface area contributed by atoms with E-state index in [1.165, 1.54) is 0 Å². The average Bonchev–Trinajstić information content (AvgIpc) is 1.82. The average molecular weight is 187 g/mol. The normalized spacial score (nSPS) is 17.2. The van der Waals surface area contributed by atoms with Crippen molar-refractivity contribution in [1.29, 1.82) is 0 Å². The highest BCUT2D eigenvalue weighted by Crippen LogP contribution is 2.30. The molecule has 0 unspecified atom stereocenters. The lowest BCUT2D eigenvalue weighted by molar-refractivity contribution is -0.146. The number of carboxylic acid groups (broad SMARTS) is 1. The maximum Gasteiger partial charge on any atom is 0.323 e. The fourth-order valence-electron chi connectivity index (χ4n) is 1.40. The molecular weight excluding hydrogens is 166 g/mol. The van der Waals surface area contributed by atoms with E-state index < -0.39 is 11.5 Å². The monoisotopic (exact) mass is 187 g/mol. The molecule has 0 saturated carbocycles. The van der Waals surface area contributed by atoms with Crippen molar-refractivity contribution in [2.75, 3.05) is 0 Å². The third-order valence-corrected chi connectivity index (χ3v) is 2.25. The summed E-state index contributed by atoms with van der Waals surface area (Å²) >= 11 is 0. The van der Waals surface area contributed by atoms with Crippen LogP contribution in [0.2, 0.25) is 0 Å². The van der Waals surface area contributed by atoms with Crippen LogP contribution in [0.25, 0.3) is 0 Å². The van der Waals surface area contributed by atoms with Crippen LogP contribution in [0.4, 0.5) is 0 Å². The van der Waals surface area contributed by atoms with Crippen molar-refractivity contribution in [2.24, 2.45) is 17.1 Å². The molecule has 0 aromatic heterocycles. The molecule has 0 radical (unpaired) electrons. The number of hydrogen-bond donors (Lipinski definition) is 2. The lowest BCUT2D eigenvalue weighted by atomic mass is 9.74. The van der Waals surface area contributed by atoms with Crippen LogP contribution in [0.5, 0.6) is 0 Å². The summed E-state index contributed by atoms with van der Waals surface area (Å²) in [5, 5.41) is 9.04. The van der Waals surface area contributed by atoms with Crippen molar-refractivity contribution in [3.8, 4) is 0 Å². The third kappa shape index (κ3) is 3.35. The second-order valence-corrected chi connectivity index (χ2v) is 5.24. The van der Waals surface area contributed by atoms with E-state index in [1.807, 2.05) is 34.6 Å². The van der Waals surface area contributed by atoms with Crippen LogP contribution in [0.1, 0.15) is 41.0 Å². The van der Waals surface area contributed by atoms with E-state index in [0.29, 0.717) is 6.42 Å². The Kier molecular flexibility index (Phi) is 3.50. The van der Waals surface area contributed by atoms with Gasteiger partial charge in [0.05, 0.1) is 0 Å². The molecule has 0 saturated heterocycles. The van der Waals surface area contributed by atoms with Gasteiger partial charge in [-0.1, -0.05) is 34.6 Å². The van der Waals surface area contributed by atoms with Gasteiger partial charge in [-0.15, -0.1) is 0 Å². The Bertz CT molecular complexity index is 194. The number of rotatable bonds is 3. The first kappa shape index (κ1) is 12.4. The van der Waals surface area contributed by atoms with Crippen molar-refractivity contribution < 1.29 is 9.90 Å². The van der Waals surface area contributed by atoms with E-state index in [4.69, 9.17) is 10.8 Å². The summed E-state index contributed by atoms with van der Waals surface area (Å²) in [7, 11) is 0. The van der Waals surface area contributed by atoms with Crippen LogP contribution >= 0.6 is 0 Å². The molecule has 0 aliphatic rings. The smallest absolute Gasteiger partial charge is 0.323 e. The minimum atomic E-state index is -1.10. The van der Waals surface area contributed by atoms with E-state index in [9.17, 15) is 4.79 Å². The molecule has 13 heavy (non-hydrogen) atoms. The topological polar surface area (TPSA) is 63.3 Å². The van der Waals surface area contributed by atoms with Crippen LogP contribution < -0.4 is 5.73 Å². The minimum absolute atomic E-state index is 0.0516. The first-order chi connectivity index (χ1) is 5.59. The Morgan fingerprint density at radius 2 is 1.77 bits per heavy atom. The van der Waals surface area contributed by atoms with Crippen molar-refractivity contribution >= 4 is 5.97 Å². The maximum atomic E-state index is 11.0. The molecule has 0 aromatic rings. The van der Waals surface area contributed by atoms with Crippen LogP contribution in [0, 0.1) is 11.3 Å².